The van der Waals surface area contributed by atoms with Gasteiger partial charge in [-0.2, -0.15) is 0 Å². The number of aliphatic hydroxyl groups excluding tert-OH is 1. The van der Waals surface area contributed by atoms with E-state index in [1.54, 1.807) is 0 Å². The van der Waals surface area contributed by atoms with Gasteiger partial charge in [0.25, 0.3) is 0 Å². The summed E-state index contributed by atoms with van der Waals surface area (Å²) in [5.41, 5.74) is 3.22. The predicted molar refractivity (Wildman–Crippen MR) is 119 cm³/mol. The van der Waals surface area contributed by atoms with Gasteiger partial charge in [-0.25, -0.2) is 0 Å². The van der Waals surface area contributed by atoms with E-state index in [-0.39, 0.29) is 0 Å². The lowest BCUT2D eigenvalue weighted by Crippen LogP contribution is -2.52. The van der Waals surface area contributed by atoms with Crippen molar-refractivity contribution in [2.75, 3.05) is 0 Å². The third-order valence-corrected chi connectivity index (χ3v) is 10.0. The molecule has 0 radical (unpaired) electrons. The van der Waals surface area contributed by atoms with Crippen molar-refractivity contribution < 1.29 is 5.11 Å². The van der Waals surface area contributed by atoms with Gasteiger partial charge in [-0.1, -0.05) is 44.9 Å². The molecule has 156 valence electrons. The molecule has 0 amide bonds. The molecule has 4 rings (SSSR count). The molecule has 0 saturated heterocycles. The van der Waals surface area contributed by atoms with Crippen LogP contribution < -0.4 is 0 Å². The van der Waals surface area contributed by atoms with Crippen LogP contribution in [0.5, 0.6) is 0 Å². The highest BCUT2D eigenvalue weighted by Gasteiger charge is 2.59. The van der Waals surface area contributed by atoms with Crippen molar-refractivity contribution in [3.63, 3.8) is 0 Å². The van der Waals surface area contributed by atoms with Crippen molar-refractivity contribution in [3.05, 3.63) is 35.6 Å². The van der Waals surface area contributed by atoms with E-state index in [9.17, 15) is 5.11 Å². The summed E-state index contributed by atoms with van der Waals surface area (Å²) >= 11 is 0. The summed E-state index contributed by atoms with van der Waals surface area (Å²) in [6, 6.07) is 0. The molecule has 0 heterocycles. The first-order chi connectivity index (χ1) is 13.3. The molecular weight excluding hydrogens is 340 g/mol. The Morgan fingerprint density at radius 1 is 0.857 bits per heavy atom. The van der Waals surface area contributed by atoms with E-state index >= 15 is 0 Å². The molecule has 0 aromatic rings. The molecule has 4 aliphatic carbocycles. The summed E-state index contributed by atoms with van der Waals surface area (Å²) in [4.78, 5) is 0. The molecular formula is C27H42O. The zero-order chi connectivity index (χ0) is 20.1. The number of hydrogen-bond acceptors (Lipinski definition) is 1. The van der Waals surface area contributed by atoms with E-state index in [4.69, 9.17) is 0 Å². The van der Waals surface area contributed by atoms with Crippen LogP contribution in [0, 0.1) is 40.4 Å². The van der Waals surface area contributed by atoms with Crippen LogP contribution in [0.25, 0.3) is 0 Å². The summed E-state index contributed by atoms with van der Waals surface area (Å²) in [5.74, 6) is 4.80. The van der Waals surface area contributed by atoms with Gasteiger partial charge in [0.05, 0.1) is 0 Å². The van der Waals surface area contributed by atoms with E-state index in [0.29, 0.717) is 22.5 Å². The number of fused-ring (bicyclic) bond motifs is 5. The SMILES string of the molecule is C=C(C)C=CC(O)=C(C)[C@H]1CC[C@H]2[C@@H]3CCC4CCCC[C@]4(C)[C@H]3CC[C@]12C. The summed E-state index contributed by atoms with van der Waals surface area (Å²) in [6.07, 6.45) is 18.1. The summed E-state index contributed by atoms with van der Waals surface area (Å²) in [5, 5.41) is 10.7. The Kier molecular flexibility index (Phi) is 5.34. The normalized spacial score (nSPS) is 46.5. The van der Waals surface area contributed by atoms with Crippen LogP contribution >= 0.6 is 0 Å². The van der Waals surface area contributed by atoms with Crippen LogP contribution in [0.3, 0.4) is 0 Å². The zero-order valence-corrected chi connectivity index (χ0v) is 18.8. The first kappa shape index (κ1) is 20.3. The molecule has 4 aliphatic rings. The van der Waals surface area contributed by atoms with Crippen molar-refractivity contribution in [1.82, 2.24) is 0 Å². The van der Waals surface area contributed by atoms with Gasteiger partial charge in [-0.05, 0) is 117 Å². The van der Waals surface area contributed by atoms with Gasteiger partial charge in [0.15, 0.2) is 0 Å². The van der Waals surface area contributed by atoms with Crippen molar-refractivity contribution in [2.45, 2.75) is 91.9 Å². The third-order valence-electron chi connectivity index (χ3n) is 10.0. The van der Waals surface area contributed by atoms with E-state index < -0.39 is 0 Å². The highest BCUT2D eigenvalue weighted by atomic mass is 16.3. The van der Waals surface area contributed by atoms with Crippen molar-refractivity contribution >= 4 is 0 Å². The Hall–Kier alpha value is -0.980. The summed E-state index contributed by atoms with van der Waals surface area (Å²) in [7, 11) is 0. The van der Waals surface area contributed by atoms with Crippen molar-refractivity contribution in [2.24, 2.45) is 40.4 Å². The topological polar surface area (TPSA) is 20.2 Å². The monoisotopic (exact) mass is 382 g/mol. The maximum atomic E-state index is 10.7. The van der Waals surface area contributed by atoms with E-state index in [0.717, 1.165) is 29.2 Å². The molecule has 0 aliphatic heterocycles. The second kappa shape index (κ2) is 7.37. The van der Waals surface area contributed by atoms with Crippen LogP contribution in [0.1, 0.15) is 91.9 Å². The number of allylic oxidation sites excluding steroid dienone is 4. The van der Waals surface area contributed by atoms with Crippen LogP contribution in [-0.4, -0.2) is 5.11 Å². The van der Waals surface area contributed by atoms with Gasteiger partial charge in [0.1, 0.15) is 5.76 Å². The van der Waals surface area contributed by atoms with Gasteiger partial charge in [0.2, 0.25) is 0 Å². The number of hydrogen-bond donors (Lipinski definition) is 1. The average Bonchev–Trinajstić information content (AvgIpc) is 3.02. The fraction of sp³-hybridized carbons (Fsp3) is 0.778. The second-order valence-electron chi connectivity index (χ2n) is 11.3. The maximum Gasteiger partial charge on any atom is 0.114 e. The average molecular weight is 383 g/mol. The third kappa shape index (κ3) is 3.12. The lowest BCUT2D eigenvalue weighted by molar-refractivity contribution is -0.108. The minimum absolute atomic E-state index is 0.383. The minimum Gasteiger partial charge on any atom is -0.508 e. The number of aliphatic hydroxyl groups is 1. The maximum absolute atomic E-state index is 10.7. The van der Waals surface area contributed by atoms with Crippen molar-refractivity contribution in [1.29, 1.82) is 0 Å². The highest BCUT2D eigenvalue weighted by molar-refractivity contribution is 5.28. The first-order valence-corrected chi connectivity index (χ1v) is 12.0. The minimum atomic E-state index is 0.383. The van der Waals surface area contributed by atoms with Gasteiger partial charge >= 0.3 is 0 Å². The lowest BCUT2D eigenvalue weighted by Gasteiger charge is -2.60. The molecule has 0 spiro atoms. The lowest BCUT2D eigenvalue weighted by atomic mass is 9.44. The van der Waals surface area contributed by atoms with Crippen LogP contribution in [0.2, 0.25) is 0 Å². The molecule has 4 fully saturated rings. The predicted octanol–water partition coefficient (Wildman–Crippen LogP) is 8.00. The van der Waals surface area contributed by atoms with Gasteiger partial charge < -0.3 is 5.11 Å². The molecule has 1 unspecified atom stereocenters. The molecule has 0 bridgehead atoms. The quantitative estimate of drug-likeness (QED) is 0.387. The number of rotatable bonds is 3. The van der Waals surface area contributed by atoms with Crippen molar-refractivity contribution in [3.8, 4) is 0 Å². The second-order valence-corrected chi connectivity index (χ2v) is 11.3. The Morgan fingerprint density at radius 2 is 1.61 bits per heavy atom. The molecule has 28 heavy (non-hydrogen) atoms. The zero-order valence-electron chi connectivity index (χ0n) is 18.8. The standard InChI is InChI=1S/C27H42O/c1-18(2)9-14-25(28)19(3)22-12-13-23-21-11-10-20-8-6-7-16-26(20,4)24(21)15-17-27(22,23)5/h9,14,20-24,28H,1,6-8,10-13,15-17H2,2-5H3/t20?,21-,22+,23-,24-,26-,27+/m0/s1. The Bertz CT molecular complexity index is 684. The van der Waals surface area contributed by atoms with Crippen LogP contribution in [-0.2, 0) is 0 Å². The molecule has 4 saturated carbocycles. The van der Waals surface area contributed by atoms with E-state index in [2.05, 4.69) is 27.4 Å². The molecule has 1 heteroatoms. The molecule has 1 nitrogen and oxygen atoms in total. The van der Waals surface area contributed by atoms with Crippen LogP contribution in [0.15, 0.2) is 35.6 Å². The fourth-order valence-electron chi connectivity index (χ4n) is 8.54. The molecule has 0 aromatic heterocycles. The van der Waals surface area contributed by atoms with E-state index in [1.807, 2.05) is 19.1 Å². The summed E-state index contributed by atoms with van der Waals surface area (Å²) < 4.78 is 0. The van der Waals surface area contributed by atoms with Crippen LogP contribution in [0.4, 0.5) is 0 Å². The largest absolute Gasteiger partial charge is 0.508 e. The fourth-order valence-corrected chi connectivity index (χ4v) is 8.54. The molecule has 0 aromatic carbocycles. The first-order valence-electron chi connectivity index (χ1n) is 12.0. The Balaban J connectivity index is 1.58. The Labute approximate surface area is 173 Å². The van der Waals surface area contributed by atoms with Gasteiger partial charge in [0, 0.05) is 0 Å². The Morgan fingerprint density at radius 3 is 2.36 bits per heavy atom. The highest BCUT2D eigenvalue weighted by Crippen LogP contribution is 2.68. The molecule has 7 atom stereocenters. The summed E-state index contributed by atoms with van der Waals surface area (Å²) in [6.45, 7) is 13.3. The molecule has 1 N–H and O–H groups in total. The van der Waals surface area contributed by atoms with Gasteiger partial charge in [-0.3, -0.25) is 0 Å². The smallest absolute Gasteiger partial charge is 0.114 e. The van der Waals surface area contributed by atoms with Gasteiger partial charge in [-0.15, -0.1) is 0 Å². The van der Waals surface area contributed by atoms with E-state index in [1.165, 1.54) is 69.8 Å².